The van der Waals surface area contributed by atoms with E-state index in [4.69, 9.17) is 0 Å². The van der Waals surface area contributed by atoms with Crippen LogP contribution in [-0.2, 0) is 21.6 Å². The lowest BCUT2D eigenvalue weighted by atomic mass is 9.88. The molecule has 3 aromatic rings. The second kappa shape index (κ2) is 7.53. The van der Waals surface area contributed by atoms with E-state index < -0.39 is 11.5 Å². The number of carbonyl (C=O) groups excluding carboxylic acids is 2. The molecule has 3 aromatic carbocycles. The summed E-state index contributed by atoms with van der Waals surface area (Å²) in [6.07, 6.45) is 0.867. The van der Waals surface area contributed by atoms with Gasteiger partial charge in [-0.1, -0.05) is 67.6 Å². The van der Waals surface area contributed by atoms with Crippen LogP contribution in [-0.4, -0.2) is 23.5 Å². The van der Waals surface area contributed by atoms with Gasteiger partial charge in [-0.15, -0.1) is 0 Å². The molecule has 5 heteroatoms. The first-order valence-electron chi connectivity index (χ1n) is 9.62. The number of carbonyl (C=O) groups is 2. The Morgan fingerprint density at radius 1 is 1.00 bits per heavy atom. The van der Waals surface area contributed by atoms with Gasteiger partial charge in [0.1, 0.15) is 6.54 Å². The molecule has 1 aliphatic heterocycles. The minimum Gasteiger partial charge on any atom is -0.372 e. The number of hydrogen-bond acceptors (Lipinski definition) is 3. The normalized spacial score (nSPS) is 17.9. The van der Waals surface area contributed by atoms with Crippen molar-refractivity contribution in [2.45, 2.75) is 18.9 Å². The first kappa shape index (κ1) is 18.9. The van der Waals surface area contributed by atoms with Gasteiger partial charge in [0.05, 0.1) is 5.69 Å². The van der Waals surface area contributed by atoms with Crippen molar-refractivity contribution in [1.29, 1.82) is 0 Å². The van der Waals surface area contributed by atoms with Gasteiger partial charge in [-0.05, 0) is 35.7 Å². The summed E-state index contributed by atoms with van der Waals surface area (Å²) in [4.78, 5) is 27.3. The van der Waals surface area contributed by atoms with Gasteiger partial charge in [0, 0.05) is 11.3 Å². The summed E-state index contributed by atoms with van der Waals surface area (Å²) >= 11 is 0. The fourth-order valence-electron chi connectivity index (χ4n) is 3.76. The maximum Gasteiger partial charge on any atom is 0.268 e. The van der Waals surface area contributed by atoms with Crippen LogP contribution in [0.15, 0.2) is 78.9 Å². The molecule has 0 radical (unpaired) electrons. The van der Waals surface area contributed by atoms with Crippen molar-refractivity contribution in [3.05, 3.63) is 95.6 Å². The highest BCUT2D eigenvalue weighted by Gasteiger charge is 2.51. The predicted molar refractivity (Wildman–Crippen MR) is 113 cm³/mol. The van der Waals surface area contributed by atoms with Crippen molar-refractivity contribution in [1.82, 2.24) is 0 Å². The number of para-hydroxylation sites is 1. The van der Waals surface area contributed by atoms with Crippen LogP contribution in [0.5, 0.6) is 0 Å². The molecule has 1 atom stereocenters. The topological polar surface area (TPSA) is 69.6 Å². The van der Waals surface area contributed by atoms with Crippen molar-refractivity contribution >= 4 is 23.2 Å². The lowest BCUT2D eigenvalue weighted by Gasteiger charge is -2.23. The number of fused-ring (bicyclic) bond motifs is 1. The molecule has 4 rings (SSSR count). The summed E-state index contributed by atoms with van der Waals surface area (Å²) in [6.45, 7) is 1.87. The van der Waals surface area contributed by atoms with Crippen molar-refractivity contribution in [2.75, 3.05) is 16.8 Å². The van der Waals surface area contributed by atoms with E-state index in [1.54, 1.807) is 48.5 Å². The monoisotopic (exact) mass is 386 g/mol. The maximum absolute atomic E-state index is 13.3. The van der Waals surface area contributed by atoms with Gasteiger partial charge < -0.3 is 10.4 Å². The van der Waals surface area contributed by atoms with E-state index in [0.717, 1.165) is 12.0 Å². The number of aliphatic hydroxyl groups is 1. The number of amides is 2. The summed E-state index contributed by atoms with van der Waals surface area (Å²) in [6, 6.07) is 23.5. The molecule has 1 aliphatic rings. The minimum absolute atomic E-state index is 0.179. The lowest BCUT2D eigenvalue weighted by Crippen LogP contribution is -2.44. The Bertz CT molecular complexity index is 1060. The molecule has 0 saturated carbocycles. The Morgan fingerprint density at radius 2 is 1.72 bits per heavy atom. The summed E-state index contributed by atoms with van der Waals surface area (Å²) < 4.78 is 0. The molecule has 0 aromatic heterocycles. The van der Waals surface area contributed by atoms with Crippen LogP contribution < -0.4 is 10.2 Å². The van der Waals surface area contributed by atoms with Crippen molar-refractivity contribution in [3.8, 4) is 0 Å². The van der Waals surface area contributed by atoms with Crippen molar-refractivity contribution in [2.24, 2.45) is 0 Å². The largest absolute Gasteiger partial charge is 0.372 e. The molecular formula is C24H22N2O3. The average molecular weight is 386 g/mol. The summed E-state index contributed by atoms with van der Waals surface area (Å²) in [5.41, 5.74) is 1.51. The van der Waals surface area contributed by atoms with E-state index in [1.165, 1.54) is 4.90 Å². The number of anilines is 2. The summed E-state index contributed by atoms with van der Waals surface area (Å²) in [5, 5.41) is 14.2. The molecule has 1 unspecified atom stereocenters. The van der Waals surface area contributed by atoms with Crippen molar-refractivity contribution in [3.63, 3.8) is 0 Å². The van der Waals surface area contributed by atoms with Gasteiger partial charge in [-0.25, -0.2) is 0 Å². The highest BCUT2D eigenvalue weighted by Crippen LogP contribution is 2.44. The van der Waals surface area contributed by atoms with Crippen molar-refractivity contribution < 1.29 is 14.7 Å². The van der Waals surface area contributed by atoms with Crippen LogP contribution in [0.4, 0.5) is 11.4 Å². The third kappa shape index (κ3) is 3.30. The molecule has 0 fully saturated rings. The van der Waals surface area contributed by atoms with Gasteiger partial charge in [-0.2, -0.15) is 0 Å². The van der Waals surface area contributed by atoms with Crippen LogP contribution >= 0.6 is 0 Å². The third-order valence-corrected chi connectivity index (χ3v) is 5.25. The quantitative estimate of drug-likeness (QED) is 0.705. The van der Waals surface area contributed by atoms with Crippen LogP contribution in [0.3, 0.4) is 0 Å². The Morgan fingerprint density at radius 3 is 2.48 bits per heavy atom. The van der Waals surface area contributed by atoms with Gasteiger partial charge in [0.25, 0.3) is 5.91 Å². The maximum atomic E-state index is 13.3. The molecule has 0 bridgehead atoms. The number of aryl methyl sites for hydroxylation is 1. The van der Waals surface area contributed by atoms with Gasteiger partial charge in [0.15, 0.2) is 5.60 Å². The fraction of sp³-hybridized carbons (Fsp3) is 0.167. The lowest BCUT2D eigenvalue weighted by molar-refractivity contribution is -0.133. The van der Waals surface area contributed by atoms with E-state index in [9.17, 15) is 14.7 Å². The standard InChI is InChI=1S/C24H22N2O3/c1-2-17-9-8-12-19(15-17)25-22(27)16-26-21-14-7-6-13-20(21)24(29,23(26)28)18-10-4-3-5-11-18/h3-15,29H,2,16H2,1H3,(H,25,27). The van der Waals surface area contributed by atoms with Crippen LogP contribution in [0.1, 0.15) is 23.6 Å². The summed E-state index contributed by atoms with van der Waals surface area (Å²) in [7, 11) is 0. The van der Waals surface area contributed by atoms with E-state index in [-0.39, 0.29) is 12.5 Å². The Kier molecular flexibility index (Phi) is 4.91. The van der Waals surface area contributed by atoms with E-state index in [0.29, 0.717) is 22.5 Å². The summed E-state index contributed by atoms with van der Waals surface area (Å²) in [5.74, 6) is -0.846. The molecule has 2 N–H and O–H groups in total. The molecule has 2 amide bonds. The molecule has 29 heavy (non-hydrogen) atoms. The highest BCUT2D eigenvalue weighted by atomic mass is 16.3. The predicted octanol–water partition coefficient (Wildman–Crippen LogP) is 3.47. The van der Waals surface area contributed by atoms with Crippen LogP contribution in [0.25, 0.3) is 0 Å². The number of benzene rings is 3. The number of nitrogens with one attached hydrogen (secondary N) is 1. The van der Waals surface area contributed by atoms with Gasteiger partial charge in [-0.3, -0.25) is 14.5 Å². The number of nitrogens with zero attached hydrogens (tertiary/aromatic N) is 1. The Balaban J connectivity index is 1.63. The van der Waals surface area contributed by atoms with E-state index >= 15 is 0 Å². The molecule has 146 valence electrons. The first-order chi connectivity index (χ1) is 14.0. The zero-order chi connectivity index (χ0) is 20.4. The van der Waals surface area contributed by atoms with E-state index in [2.05, 4.69) is 5.32 Å². The first-order valence-corrected chi connectivity index (χ1v) is 9.62. The van der Waals surface area contributed by atoms with E-state index in [1.807, 2.05) is 37.3 Å². The number of rotatable bonds is 5. The Labute approximate surface area is 169 Å². The number of hydrogen-bond donors (Lipinski definition) is 2. The second-order valence-corrected chi connectivity index (χ2v) is 7.09. The third-order valence-electron chi connectivity index (χ3n) is 5.25. The average Bonchev–Trinajstić information content (AvgIpc) is 2.97. The zero-order valence-electron chi connectivity index (χ0n) is 16.1. The SMILES string of the molecule is CCc1cccc(NC(=O)CN2C(=O)C(O)(c3ccccc3)c3ccccc32)c1. The molecule has 0 aliphatic carbocycles. The van der Waals surface area contributed by atoms with Crippen LogP contribution in [0.2, 0.25) is 0 Å². The smallest absolute Gasteiger partial charge is 0.268 e. The Hall–Kier alpha value is -3.44. The van der Waals surface area contributed by atoms with Gasteiger partial charge in [0.2, 0.25) is 5.91 Å². The molecule has 0 saturated heterocycles. The van der Waals surface area contributed by atoms with Gasteiger partial charge >= 0.3 is 0 Å². The molecular weight excluding hydrogens is 364 g/mol. The molecule has 0 spiro atoms. The molecule has 5 nitrogen and oxygen atoms in total. The minimum atomic E-state index is -1.81. The fourth-order valence-corrected chi connectivity index (χ4v) is 3.76. The zero-order valence-corrected chi connectivity index (χ0v) is 16.1. The highest BCUT2D eigenvalue weighted by molar-refractivity contribution is 6.12. The van der Waals surface area contributed by atoms with Crippen LogP contribution in [0, 0.1) is 0 Å². The molecule has 1 heterocycles. The second-order valence-electron chi connectivity index (χ2n) is 7.09.